The fraction of sp³-hybridized carbons (Fsp3) is 0.200. The van der Waals surface area contributed by atoms with Gasteiger partial charge in [0.2, 0.25) is 5.82 Å². The van der Waals surface area contributed by atoms with E-state index in [0.717, 1.165) is 11.1 Å². The predicted octanol–water partition coefficient (Wildman–Crippen LogP) is 4.89. The van der Waals surface area contributed by atoms with Gasteiger partial charge in [0.15, 0.2) is 11.5 Å². The van der Waals surface area contributed by atoms with E-state index in [9.17, 15) is 0 Å². The highest BCUT2D eigenvalue weighted by molar-refractivity contribution is 6.50. The van der Waals surface area contributed by atoms with Crippen LogP contribution in [0.25, 0.3) is 22.5 Å². The molecule has 0 aliphatic rings. The summed E-state index contributed by atoms with van der Waals surface area (Å²) in [5.74, 6) is 2.66. The molecule has 140 valence electrons. The highest BCUT2D eigenvalue weighted by Gasteiger charge is 2.13. The van der Waals surface area contributed by atoms with Crippen LogP contribution < -0.4 is 14.2 Å². The highest BCUT2D eigenvalue weighted by Crippen LogP contribution is 2.31. The lowest BCUT2D eigenvalue weighted by atomic mass is 10.2. The summed E-state index contributed by atoms with van der Waals surface area (Å²) in [5.41, 5.74) is 1.60. The molecule has 0 aliphatic heterocycles. The second-order valence-electron chi connectivity index (χ2n) is 5.49. The number of aromatic nitrogens is 2. The first kappa shape index (κ1) is 18.8. The van der Waals surface area contributed by atoms with Gasteiger partial charge in [-0.2, -0.15) is 4.98 Å². The number of methoxy groups -OCH3 is 2. The topological polar surface area (TPSA) is 66.6 Å². The molecule has 0 fully saturated rings. The summed E-state index contributed by atoms with van der Waals surface area (Å²) < 4.78 is 21.4. The Labute approximate surface area is 162 Å². The van der Waals surface area contributed by atoms with Gasteiger partial charge in [-0.05, 0) is 42.8 Å². The molecule has 2 aromatic carbocycles. The Balaban J connectivity index is 1.85. The minimum absolute atomic E-state index is 0.224. The zero-order chi connectivity index (χ0) is 19.2. The van der Waals surface area contributed by atoms with E-state index >= 15 is 0 Å². The molecule has 0 bridgehead atoms. The average molecular weight is 387 g/mol. The number of halogens is 1. The Bertz CT molecular complexity index is 953. The van der Waals surface area contributed by atoms with Gasteiger partial charge in [-0.15, -0.1) is 0 Å². The van der Waals surface area contributed by atoms with Gasteiger partial charge in [0.25, 0.3) is 5.89 Å². The van der Waals surface area contributed by atoms with Crippen molar-refractivity contribution >= 4 is 22.7 Å². The summed E-state index contributed by atoms with van der Waals surface area (Å²) in [6.45, 7) is 2.47. The van der Waals surface area contributed by atoms with Crippen LogP contribution in [-0.4, -0.2) is 31.0 Å². The molecule has 0 radical (unpaired) electrons. The summed E-state index contributed by atoms with van der Waals surface area (Å²) in [4.78, 5) is 4.35. The zero-order valence-corrected chi connectivity index (χ0v) is 16.0. The zero-order valence-electron chi connectivity index (χ0n) is 15.2. The third kappa shape index (κ3) is 4.41. The molecule has 0 saturated heterocycles. The smallest absolute Gasteiger partial charge is 0.269 e. The van der Waals surface area contributed by atoms with Gasteiger partial charge in [0.1, 0.15) is 10.8 Å². The Hall–Kier alpha value is -2.99. The maximum atomic E-state index is 6.36. The van der Waals surface area contributed by atoms with Crippen LogP contribution in [0.1, 0.15) is 18.4 Å². The van der Waals surface area contributed by atoms with Crippen molar-refractivity contribution in [2.45, 2.75) is 6.92 Å². The second kappa shape index (κ2) is 8.60. The largest absolute Gasteiger partial charge is 0.497 e. The number of hydrogen-bond acceptors (Lipinski definition) is 6. The van der Waals surface area contributed by atoms with Crippen LogP contribution in [0.3, 0.4) is 0 Å². The molecule has 1 aromatic heterocycles. The van der Waals surface area contributed by atoms with Crippen LogP contribution in [0.15, 0.2) is 47.0 Å². The minimum atomic E-state index is 0.224. The molecule has 0 aliphatic carbocycles. The van der Waals surface area contributed by atoms with E-state index in [1.54, 1.807) is 20.3 Å². The molecular formula is C20H19ClN2O4. The van der Waals surface area contributed by atoms with Crippen LogP contribution in [0, 0.1) is 0 Å². The van der Waals surface area contributed by atoms with Crippen LogP contribution in [0.4, 0.5) is 0 Å². The van der Waals surface area contributed by atoms with Gasteiger partial charge < -0.3 is 18.7 Å². The Morgan fingerprint density at radius 3 is 2.70 bits per heavy atom. The normalized spacial score (nSPS) is 11.3. The minimum Gasteiger partial charge on any atom is -0.497 e. The maximum Gasteiger partial charge on any atom is 0.269 e. The van der Waals surface area contributed by atoms with E-state index < -0.39 is 0 Å². The molecule has 0 amide bonds. The summed E-state index contributed by atoms with van der Waals surface area (Å²) in [7, 11) is 3.19. The molecule has 0 spiro atoms. The van der Waals surface area contributed by atoms with Crippen molar-refractivity contribution in [2.75, 3.05) is 20.8 Å². The standard InChI is InChI=1S/C20H19ClN2O4/c1-4-26-17-9-8-13(11-18(17)25-3)10-16(21)20-22-19(23-27-20)14-6-5-7-15(12-14)24-2/h5-12H,4H2,1-3H3/b16-10-. The van der Waals surface area contributed by atoms with Crippen LogP contribution in [-0.2, 0) is 0 Å². The lowest BCUT2D eigenvalue weighted by Gasteiger charge is -2.09. The number of rotatable bonds is 7. The van der Waals surface area contributed by atoms with Crippen molar-refractivity contribution in [1.29, 1.82) is 0 Å². The van der Waals surface area contributed by atoms with E-state index in [1.165, 1.54) is 0 Å². The van der Waals surface area contributed by atoms with Gasteiger partial charge >= 0.3 is 0 Å². The fourth-order valence-electron chi connectivity index (χ4n) is 2.46. The maximum absolute atomic E-state index is 6.36. The second-order valence-corrected chi connectivity index (χ2v) is 5.90. The van der Waals surface area contributed by atoms with Gasteiger partial charge in [0, 0.05) is 5.56 Å². The van der Waals surface area contributed by atoms with E-state index in [4.69, 9.17) is 30.3 Å². The summed E-state index contributed by atoms with van der Waals surface area (Å²) in [6, 6.07) is 12.9. The van der Waals surface area contributed by atoms with Crippen molar-refractivity contribution in [1.82, 2.24) is 10.1 Å². The lowest BCUT2D eigenvalue weighted by Crippen LogP contribution is -1.95. The van der Waals surface area contributed by atoms with Crippen molar-refractivity contribution in [3.63, 3.8) is 0 Å². The number of ether oxygens (including phenoxy) is 3. The third-order valence-electron chi connectivity index (χ3n) is 3.74. The summed E-state index contributed by atoms with van der Waals surface area (Å²) in [5, 5.41) is 4.31. The first-order chi connectivity index (χ1) is 13.1. The lowest BCUT2D eigenvalue weighted by molar-refractivity contribution is 0.311. The molecular weight excluding hydrogens is 368 g/mol. The fourth-order valence-corrected chi connectivity index (χ4v) is 2.66. The molecule has 0 atom stereocenters. The molecule has 0 N–H and O–H groups in total. The van der Waals surface area contributed by atoms with E-state index in [0.29, 0.717) is 34.7 Å². The Kier molecular flexibility index (Phi) is 5.98. The number of nitrogens with zero attached hydrogens (tertiary/aromatic N) is 2. The van der Waals surface area contributed by atoms with Crippen molar-refractivity contribution in [3.8, 4) is 28.6 Å². The molecule has 0 unspecified atom stereocenters. The number of hydrogen-bond donors (Lipinski definition) is 0. The third-order valence-corrected chi connectivity index (χ3v) is 4.01. The van der Waals surface area contributed by atoms with Crippen LogP contribution in [0.2, 0.25) is 0 Å². The molecule has 6 nitrogen and oxygen atoms in total. The molecule has 1 heterocycles. The van der Waals surface area contributed by atoms with Crippen LogP contribution in [0.5, 0.6) is 17.2 Å². The van der Waals surface area contributed by atoms with E-state index in [-0.39, 0.29) is 5.89 Å². The Morgan fingerprint density at radius 2 is 1.96 bits per heavy atom. The monoisotopic (exact) mass is 386 g/mol. The summed E-state index contributed by atoms with van der Waals surface area (Å²) >= 11 is 6.36. The molecule has 3 rings (SSSR count). The van der Waals surface area contributed by atoms with Crippen molar-refractivity contribution < 1.29 is 18.7 Å². The van der Waals surface area contributed by atoms with Crippen molar-refractivity contribution in [3.05, 3.63) is 53.9 Å². The predicted molar refractivity (Wildman–Crippen MR) is 104 cm³/mol. The van der Waals surface area contributed by atoms with Crippen LogP contribution >= 0.6 is 11.6 Å². The first-order valence-corrected chi connectivity index (χ1v) is 8.69. The van der Waals surface area contributed by atoms with Gasteiger partial charge in [-0.1, -0.05) is 35.0 Å². The average Bonchev–Trinajstić information content (AvgIpc) is 3.20. The van der Waals surface area contributed by atoms with E-state index in [2.05, 4.69) is 10.1 Å². The number of benzene rings is 2. The highest BCUT2D eigenvalue weighted by atomic mass is 35.5. The SMILES string of the molecule is CCOc1ccc(/C=C(\Cl)c2nc(-c3cccc(OC)c3)no2)cc1OC. The summed E-state index contributed by atoms with van der Waals surface area (Å²) in [6.07, 6.45) is 1.72. The Morgan fingerprint density at radius 1 is 1.11 bits per heavy atom. The van der Waals surface area contributed by atoms with Gasteiger partial charge in [-0.3, -0.25) is 0 Å². The quantitative estimate of drug-likeness (QED) is 0.576. The van der Waals surface area contributed by atoms with Gasteiger partial charge in [-0.25, -0.2) is 0 Å². The molecule has 7 heteroatoms. The van der Waals surface area contributed by atoms with Crippen molar-refractivity contribution in [2.24, 2.45) is 0 Å². The molecule has 27 heavy (non-hydrogen) atoms. The molecule has 3 aromatic rings. The van der Waals surface area contributed by atoms with E-state index in [1.807, 2.05) is 49.4 Å². The molecule has 0 saturated carbocycles. The van der Waals surface area contributed by atoms with Gasteiger partial charge in [0.05, 0.1) is 20.8 Å². The first-order valence-electron chi connectivity index (χ1n) is 8.31.